The summed E-state index contributed by atoms with van der Waals surface area (Å²) in [6.07, 6.45) is 3.44. The zero-order valence-electron chi connectivity index (χ0n) is 12.7. The van der Waals surface area contributed by atoms with Crippen LogP contribution in [-0.4, -0.2) is 42.5 Å². The molecule has 6 nitrogen and oxygen atoms in total. The summed E-state index contributed by atoms with van der Waals surface area (Å²) in [5.74, 6) is 0.111. The highest BCUT2D eigenvalue weighted by Crippen LogP contribution is 2.18. The van der Waals surface area contributed by atoms with Crippen molar-refractivity contribution < 1.29 is 14.3 Å². The maximum absolute atomic E-state index is 12.2. The maximum atomic E-state index is 12.2. The SMILES string of the molecule is NCC1CCCCN1C(=O)CCOc1cccc(C(N)=O)c1. The summed E-state index contributed by atoms with van der Waals surface area (Å²) in [6.45, 7) is 1.56. The molecule has 1 aliphatic rings. The van der Waals surface area contributed by atoms with Crippen LogP contribution in [0.5, 0.6) is 5.75 Å². The fraction of sp³-hybridized carbons (Fsp3) is 0.500. The summed E-state index contributed by atoms with van der Waals surface area (Å²) in [4.78, 5) is 25.2. The van der Waals surface area contributed by atoms with Crippen LogP contribution in [0.3, 0.4) is 0 Å². The molecule has 0 spiro atoms. The molecule has 0 aliphatic carbocycles. The largest absolute Gasteiger partial charge is 0.493 e. The Morgan fingerprint density at radius 1 is 1.32 bits per heavy atom. The highest BCUT2D eigenvalue weighted by atomic mass is 16.5. The first-order valence-corrected chi connectivity index (χ1v) is 7.64. The molecular weight excluding hydrogens is 282 g/mol. The Hall–Kier alpha value is -2.08. The maximum Gasteiger partial charge on any atom is 0.248 e. The Morgan fingerprint density at radius 2 is 2.14 bits per heavy atom. The molecule has 0 aromatic heterocycles. The van der Waals surface area contributed by atoms with Gasteiger partial charge >= 0.3 is 0 Å². The normalized spacial score (nSPS) is 18.0. The van der Waals surface area contributed by atoms with E-state index in [0.717, 1.165) is 25.8 Å². The monoisotopic (exact) mass is 305 g/mol. The second-order valence-corrected chi connectivity index (χ2v) is 5.46. The lowest BCUT2D eigenvalue weighted by Crippen LogP contribution is -2.47. The molecule has 0 radical (unpaired) electrons. The van der Waals surface area contributed by atoms with Crippen molar-refractivity contribution in [2.75, 3.05) is 19.7 Å². The standard InChI is InChI=1S/C16H23N3O3/c17-11-13-5-1-2-8-19(13)15(20)7-9-22-14-6-3-4-12(10-14)16(18)21/h3-4,6,10,13H,1-2,5,7-9,11,17H2,(H2,18,21). The zero-order chi connectivity index (χ0) is 15.9. The Balaban J connectivity index is 1.84. The Morgan fingerprint density at radius 3 is 2.86 bits per heavy atom. The number of nitrogens with two attached hydrogens (primary N) is 2. The van der Waals surface area contributed by atoms with Crippen molar-refractivity contribution in [2.45, 2.75) is 31.7 Å². The molecule has 1 saturated heterocycles. The van der Waals surface area contributed by atoms with Crippen molar-refractivity contribution in [2.24, 2.45) is 11.5 Å². The van der Waals surface area contributed by atoms with Crippen LogP contribution in [0.1, 0.15) is 36.0 Å². The molecule has 1 aliphatic heterocycles. The number of hydrogen-bond donors (Lipinski definition) is 2. The number of nitrogens with zero attached hydrogens (tertiary/aromatic N) is 1. The summed E-state index contributed by atoms with van der Waals surface area (Å²) in [5.41, 5.74) is 11.3. The zero-order valence-corrected chi connectivity index (χ0v) is 12.7. The Labute approximate surface area is 130 Å². The van der Waals surface area contributed by atoms with Crippen LogP contribution >= 0.6 is 0 Å². The third-order valence-electron chi connectivity index (χ3n) is 3.92. The summed E-state index contributed by atoms with van der Waals surface area (Å²) in [7, 11) is 0. The van der Waals surface area contributed by atoms with Gasteiger partial charge in [0, 0.05) is 24.7 Å². The van der Waals surface area contributed by atoms with E-state index >= 15 is 0 Å². The number of amides is 2. The molecule has 1 unspecified atom stereocenters. The smallest absolute Gasteiger partial charge is 0.248 e. The molecule has 0 bridgehead atoms. The van der Waals surface area contributed by atoms with Crippen molar-refractivity contribution in [3.8, 4) is 5.75 Å². The van der Waals surface area contributed by atoms with Gasteiger partial charge in [0.05, 0.1) is 13.0 Å². The van der Waals surface area contributed by atoms with Gasteiger partial charge in [0.15, 0.2) is 0 Å². The first-order chi connectivity index (χ1) is 10.6. The molecule has 1 fully saturated rings. The lowest BCUT2D eigenvalue weighted by molar-refractivity contribution is -0.135. The van der Waals surface area contributed by atoms with E-state index in [-0.39, 0.29) is 18.6 Å². The van der Waals surface area contributed by atoms with Gasteiger partial charge in [0.25, 0.3) is 0 Å². The molecule has 120 valence electrons. The number of ether oxygens (including phenoxy) is 1. The van der Waals surface area contributed by atoms with Gasteiger partial charge in [-0.1, -0.05) is 6.07 Å². The molecule has 2 amide bonds. The molecule has 2 rings (SSSR count). The number of likely N-dealkylation sites (tertiary alicyclic amines) is 1. The van der Waals surface area contributed by atoms with Gasteiger partial charge < -0.3 is 21.1 Å². The fourth-order valence-electron chi connectivity index (χ4n) is 2.71. The van der Waals surface area contributed by atoms with Gasteiger partial charge in [-0.3, -0.25) is 9.59 Å². The van der Waals surface area contributed by atoms with Crippen molar-refractivity contribution in [1.29, 1.82) is 0 Å². The number of benzene rings is 1. The van der Waals surface area contributed by atoms with Gasteiger partial charge in [0.2, 0.25) is 11.8 Å². The van der Waals surface area contributed by atoms with Gasteiger partial charge in [-0.25, -0.2) is 0 Å². The van der Waals surface area contributed by atoms with Gasteiger partial charge in [-0.2, -0.15) is 0 Å². The third kappa shape index (κ3) is 4.21. The Bertz CT molecular complexity index is 533. The minimum absolute atomic E-state index is 0.0706. The number of primary amides is 1. The van der Waals surface area contributed by atoms with Crippen molar-refractivity contribution >= 4 is 11.8 Å². The van der Waals surface area contributed by atoms with Crippen LogP contribution in [-0.2, 0) is 4.79 Å². The third-order valence-corrected chi connectivity index (χ3v) is 3.92. The highest BCUT2D eigenvalue weighted by Gasteiger charge is 2.25. The molecule has 1 aromatic carbocycles. The predicted molar refractivity (Wildman–Crippen MR) is 83.5 cm³/mol. The number of piperidine rings is 1. The topological polar surface area (TPSA) is 98.7 Å². The van der Waals surface area contributed by atoms with E-state index in [2.05, 4.69) is 0 Å². The summed E-state index contributed by atoms with van der Waals surface area (Å²) < 4.78 is 5.54. The predicted octanol–water partition coefficient (Wildman–Crippen LogP) is 0.894. The average molecular weight is 305 g/mol. The van der Waals surface area contributed by atoms with Crippen LogP contribution in [0.15, 0.2) is 24.3 Å². The molecule has 0 saturated carbocycles. The molecular formula is C16H23N3O3. The van der Waals surface area contributed by atoms with E-state index in [9.17, 15) is 9.59 Å². The van der Waals surface area contributed by atoms with E-state index < -0.39 is 5.91 Å². The molecule has 4 N–H and O–H groups in total. The quantitative estimate of drug-likeness (QED) is 0.815. The second kappa shape index (κ2) is 7.79. The molecule has 22 heavy (non-hydrogen) atoms. The molecule has 1 atom stereocenters. The number of hydrogen-bond acceptors (Lipinski definition) is 4. The Kier molecular flexibility index (Phi) is 5.77. The van der Waals surface area contributed by atoms with Crippen LogP contribution < -0.4 is 16.2 Å². The molecule has 1 aromatic rings. The number of carbonyl (C=O) groups is 2. The van der Waals surface area contributed by atoms with E-state index in [1.165, 1.54) is 0 Å². The van der Waals surface area contributed by atoms with Crippen molar-refractivity contribution in [3.63, 3.8) is 0 Å². The first kappa shape index (κ1) is 16.3. The van der Waals surface area contributed by atoms with Crippen LogP contribution in [0.25, 0.3) is 0 Å². The average Bonchev–Trinajstić information content (AvgIpc) is 2.55. The summed E-state index contributed by atoms with van der Waals surface area (Å²) in [5, 5.41) is 0. The fourth-order valence-corrected chi connectivity index (χ4v) is 2.71. The summed E-state index contributed by atoms with van der Waals surface area (Å²) >= 11 is 0. The lowest BCUT2D eigenvalue weighted by Gasteiger charge is -2.35. The van der Waals surface area contributed by atoms with E-state index in [0.29, 0.717) is 24.3 Å². The first-order valence-electron chi connectivity index (χ1n) is 7.64. The van der Waals surface area contributed by atoms with Gasteiger partial charge in [0.1, 0.15) is 5.75 Å². The number of rotatable bonds is 6. The van der Waals surface area contributed by atoms with Crippen LogP contribution in [0.2, 0.25) is 0 Å². The lowest BCUT2D eigenvalue weighted by atomic mass is 10.0. The van der Waals surface area contributed by atoms with Crippen LogP contribution in [0, 0.1) is 0 Å². The highest BCUT2D eigenvalue weighted by molar-refractivity contribution is 5.93. The minimum atomic E-state index is -0.499. The van der Waals surface area contributed by atoms with E-state index in [1.54, 1.807) is 24.3 Å². The second-order valence-electron chi connectivity index (χ2n) is 5.46. The summed E-state index contributed by atoms with van der Waals surface area (Å²) in [6, 6.07) is 6.79. The van der Waals surface area contributed by atoms with Gasteiger partial charge in [-0.05, 0) is 37.5 Å². The van der Waals surface area contributed by atoms with E-state index in [1.807, 2.05) is 4.90 Å². The number of carbonyl (C=O) groups excluding carboxylic acids is 2. The van der Waals surface area contributed by atoms with Crippen molar-refractivity contribution in [3.05, 3.63) is 29.8 Å². The molecule has 1 heterocycles. The van der Waals surface area contributed by atoms with Crippen LogP contribution in [0.4, 0.5) is 0 Å². The van der Waals surface area contributed by atoms with Gasteiger partial charge in [-0.15, -0.1) is 0 Å². The van der Waals surface area contributed by atoms with E-state index in [4.69, 9.17) is 16.2 Å². The van der Waals surface area contributed by atoms with Crippen molar-refractivity contribution in [1.82, 2.24) is 4.90 Å². The minimum Gasteiger partial charge on any atom is -0.493 e. The molecule has 6 heteroatoms.